The highest BCUT2D eigenvalue weighted by Crippen LogP contribution is 2.23. The molecule has 0 radical (unpaired) electrons. The standard InChI is InChI=1S/C18H21BrN4O/c1-11-9-14(7-8-15(11)19)23-18(24)16-10-17(21-12(2)20-16)22-13-5-3-4-6-13/h7-10,13H,3-6H2,1-2H3,(H,23,24)(H,20,21,22). The van der Waals surface area contributed by atoms with Gasteiger partial charge in [-0.3, -0.25) is 4.79 Å². The molecule has 1 aliphatic rings. The van der Waals surface area contributed by atoms with Crippen LogP contribution < -0.4 is 10.6 Å². The van der Waals surface area contributed by atoms with Crippen molar-refractivity contribution < 1.29 is 4.79 Å². The zero-order valence-electron chi connectivity index (χ0n) is 13.9. The van der Waals surface area contributed by atoms with Gasteiger partial charge in [0.2, 0.25) is 0 Å². The van der Waals surface area contributed by atoms with Gasteiger partial charge in [0.1, 0.15) is 17.3 Å². The summed E-state index contributed by atoms with van der Waals surface area (Å²) in [5, 5.41) is 6.32. The van der Waals surface area contributed by atoms with Gasteiger partial charge < -0.3 is 10.6 Å². The number of hydrogen-bond donors (Lipinski definition) is 2. The van der Waals surface area contributed by atoms with Crippen LogP contribution in [0.1, 0.15) is 47.6 Å². The van der Waals surface area contributed by atoms with E-state index in [1.165, 1.54) is 12.8 Å². The number of nitrogens with zero attached hydrogens (tertiary/aromatic N) is 2. The fourth-order valence-corrected chi connectivity index (χ4v) is 3.20. The second-order valence-electron chi connectivity index (χ2n) is 6.23. The second kappa shape index (κ2) is 7.30. The van der Waals surface area contributed by atoms with Crippen LogP contribution in [0, 0.1) is 13.8 Å². The van der Waals surface area contributed by atoms with Crippen molar-refractivity contribution in [2.75, 3.05) is 10.6 Å². The van der Waals surface area contributed by atoms with Gasteiger partial charge in [0.05, 0.1) is 0 Å². The third-order valence-electron chi connectivity index (χ3n) is 4.19. The molecule has 1 aromatic carbocycles. The SMILES string of the molecule is Cc1nc(NC2CCCC2)cc(C(=O)Nc2ccc(Br)c(C)c2)n1. The van der Waals surface area contributed by atoms with Crippen LogP contribution in [0.2, 0.25) is 0 Å². The minimum Gasteiger partial charge on any atom is -0.367 e. The van der Waals surface area contributed by atoms with Crippen molar-refractivity contribution in [3.63, 3.8) is 0 Å². The van der Waals surface area contributed by atoms with Crippen molar-refractivity contribution in [1.82, 2.24) is 9.97 Å². The van der Waals surface area contributed by atoms with Crippen molar-refractivity contribution >= 4 is 33.3 Å². The molecule has 1 fully saturated rings. The lowest BCUT2D eigenvalue weighted by Gasteiger charge is -2.14. The molecule has 24 heavy (non-hydrogen) atoms. The Hall–Kier alpha value is -1.95. The van der Waals surface area contributed by atoms with Crippen LogP contribution in [0.25, 0.3) is 0 Å². The number of nitrogens with one attached hydrogen (secondary N) is 2. The van der Waals surface area contributed by atoms with Crippen molar-refractivity contribution in [3.05, 3.63) is 45.8 Å². The summed E-state index contributed by atoms with van der Waals surface area (Å²) < 4.78 is 1.02. The predicted octanol–water partition coefficient (Wildman–Crippen LogP) is 4.46. The van der Waals surface area contributed by atoms with Crippen molar-refractivity contribution in [1.29, 1.82) is 0 Å². The number of carbonyl (C=O) groups is 1. The van der Waals surface area contributed by atoms with E-state index >= 15 is 0 Å². The molecule has 2 N–H and O–H groups in total. The predicted molar refractivity (Wildman–Crippen MR) is 99.5 cm³/mol. The van der Waals surface area contributed by atoms with E-state index in [2.05, 4.69) is 36.5 Å². The summed E-state index contributed by atoms with van der Waals surface area (Å²) >= 11 is 3.46. The molecule has 1 heterocycles. The van der Waals surface area contributed by atoms with Crippen molar-refractivity contribution in [2.45, 2.75) is 45.6 Å². The monoisotopic (exact) mass is 388 g/mol. The molecule has 3 rings (SSSR count). The molecule has 1 amide bonds. The fraction of sp³-hybridized carbons (Fsp3) is 0.389. The molecule has 5 nitrogen and oxygen atoms in total. The van der Waals surface area contributed by atoms with E-state index in [9.17, 15) is 4.79 Å². The normalized spacial score (nSPS) is 14.6. The van der Waals surface area contributed by atoms with Gasteiger partial charge in [0, 0.05) is 22.3 Å². The van der Waals surface area contributed by atoms with Crippen LogP contribution in [0.3, 0.4) is 0 Å². The van der Waals surface area contributed by atoms with Crippen molar-refractivity contribution in [3.8, 4) is 0 Å². The fourth-order valence-electron chi connectivity index (χ4n) is 2.95. The summed E-state index contributed by atoms with van der Waals surface area (Å²) in [6.45, 7) is 3.79. The summed E-state index contributed by atoms with van der Waals surface area (Å²) in [5.74, 6) is 1.10. The number of anilines is 2. The lowest BCUT2D eigenvalue weighted by molar-refractivity contribution is 0.102. The Labute approximate surface area is 150 Å². The molecule has 126 valence electrons. The Morgan fingerprint density at radius 2 is 1.92 bits per heavy atom. The number of amides is 1. The minimum absolute atomic E-state index is 0.225. The highest BCUT2D eigenvalue weighted by Gasteiger charge is 2.17. The van der Waals surface area contributed by atoms with Crippen LogP contribution >= 0.6 is 15.9 Å². The van der Waals surface area contributed by atoms with Gasteiger partial charge in [0.25, 0.3) is 5.91 Å². The van der Waals surface area contributed by atoms with Gasteiger partial charge in [-0.25, -0.2) is 9.97 Å². The van der Waals surface area contributed by atoms with Gasteiger partial charge in [0.15, 0.2) is 0 Å². The zero-order valence-corrected chi connectivity index (χ0v) is 15.5. The van der Waals surface area contributed by atoms with Crippen molar-refractivity contribution in [2.24, 2.45) is 0 Å². The van der Waals surface area contributed by atoms with Crippen LogP contribution in [-0.2, 0) is 0 Å². The van der Waals surface area contributed by atoms with Gasteiger partial charge >= 0.3 is 0 Å². The van der Waals surface area contributed by atoms with Crippen LogP contribution in [0.5, 0.6) is 0 Å². The molecule has 0 aliphatic heterocycles. The van der Waals surface area contributed by atoms with E-state index in [4.69, 9.17) is 0 Å². The number of hydrogen-bond acceptors (Lipinski definition) is 4. The van der Waals surface area contributed by atoms with E-state index in [-0.39, 0.29) is 5.91 Å². The molecule has 0 unspecified atom stereocenters. The minimum atomic E-state index is -0.225. The molecule has 1 aliphatic carbocycles. The molecule has 1 saturated carbocycles. The maximum atomic E-state index is 12.5. The first kappa shape index (κ1) is 16.9. The topological polar surface area (TPSA) is 66.9 Å². The van der Waals surface area contributed by atoms with Crippen LogP contribution in [0.4, 0.5) is 11.5 Å². The average Bonchev–Trinajstić information content (AvgIpc) is 3.03. The van der Waals surface area contributed by atoms with E-state index in [1.807, 2.05) is 25.1 Å². The molecule has 0 spiro atoms. The highest BCUT2D eigenvalue weighted by atomic mass is 79.9. The maximum absolute atomic E-state index is 12.5. The Morgan fingerprint density at radius 1 is 1.17 bits per heavy atom. The Morgan fingerprint density at radius 3 is 2.62 bits per heavy atom. The van der Waals surface area contributed by atoms with Gasteiger partial charge in [-0.05, 0) is 50.5 Å². The lowest BCUT2D eigenvalue weighted by Crippen LogP contribution is -2.19. The van der Waals surface area contributed by atoms with Gasteiger partial charge in [-0.2, -0.15) is 0 Å². The van der Waals surface area contributed by atoms with E-state index in [0.717, 1.165) is 34.4 Å². The number of aromatic nitrogens is 2. The molecule has 0 atom stereocenters. The summed E-state index contributed by atoms with van der Waals surface area (Å²) in [5.41, 5.74) is 2.20. The molecule has 1 aromatic heterocycles. The molecule has 6 heteroatoms. The third kappa shape index (κ3) is 4.12. The Balaban J connectivity index is 1.75. The largest absolute Gasteiger partial charge is 0.367 e. The third-order valence-corrected chi connectivity index (χ3v) is 5.08. The summed E-state index contributed by atoms with van der Waals surface area (Å²) in [7, 11) is 0. The smallest absolute Gasteiger partial charge is 0.274 e. The van der Waals surface area contributed by atoms with Gasteiger partial charge in [-0.1, -0.05) is 28.8 Å². The van der Waals surface area contributed by atoms with Crippen LogP contribution in [-0.4, -0.2) is 21.9 Å². The molecule has 2 aromatic rings. The number of aryl methyl sites for hydroxylation is 2. The molecule has 0 bridgehead atoms. The first-order valence-corrected chi connectivity index (χ1v) is 9.00. The van der Waals surface area contributed by atoms with Gasteiger partial charge in [-0.15, -0.1) is 0 Å². The first-order chi connectivity index (χ1) is 11.5. The Kier molecular flexibility index (Phi) is 5.14. The molecular weight excluding hydrogens is 368 g/mol. The Bertz CT molecular complexity index is 757. The zero-order chi connectivity index (χ0) is 17.1. The number of carbonyl (C=O) groups excluding carboxylic acids is 1. The highest BCUT2D eigenvalue weighted by molar-refractivity contribution is 9.10. The summed E-state index contributed by atoms with van der Waals surface area (Å²) in [6.07, 6.45) is 4.81. The molecule has 0 saturated heterocycles. The lowest BCUT2D eigenvalue weighted by atomic mass is 10.2. The molecular formula is C18H21BrN4O. The van der Waals surface area contributed by atoms with E-state index in [0.29, 0.717) is 17.6 Å². The maximum Gasteiger partial charge on any atom is 0.274 e. The number of rotatable bonds is 4. The summed E-state index contributed by atoms with van der Waals surface area (Å²) in [4.78, 5) is 21.2. The first-order valence-electron chi connectivity index (χ1n) is 8.21. The number of halogens is 1. The van der Waals surface area contributed by atoms with Crippen LogP contribution in [0.15, 0.2) is 28.7 Å². The van der Waals surface area contributed by atoms with E-state index < -0.39 is 0 Å². The number of benzene rings is 1. The summed E-state index contributed by atoms with van der Waals surface area (Å²) in [6, 6.07) is 7.88. The quantitative estimate of drug-likeness (QED) is 0.810. The average molecular weight is 389 g/mol. The van der Waals surface area contributed by atoms with E-state index in [1.54, 1.807) is 13.0 Å². The second-order valence-corrected chi connectivity index (χ2v) is 7.08.